The molecule has 120 valence electrons. The van der Waals surface area contributed by atoms with E-state index >= 15 is 0 Å². The Morgan fingerprint density at radius 2 is 1.62 bits per heavy atom. The molecule has 24 heavy (non-hydrogen) atoms. The van der Waals surface area contributed by atoms with E-state index in [1.54, 1.807) is 31.2 Å². The van der Waals surface area contributed by atoms with Crippen LogP contribution in [0.25, 0.3) is 16.8 Å². The molecule has 0 aliphatic carbocycles. The van der Waals surface area contributed by atoms with Gasteiger partial charge in [0.25, 0.3) is 5.56 Å². The van der Waals surface area contributed by atoms with Crippen LogP contribution < -0.4 is 5.56 Å². The Hall–Kier alpha value is -3.21. The van der Waals surface area contributed by atoms with Gasteiger partial charge in [-0.05, 0) is 42.7 Å². The molecule has 1 heterocycles. The second-order valence-electron chi connectivity index (χ2n) is 5.52. The number of hydrogen-bond donors (Lipinski definition) is 1. The molecule has 0 saturated carbocycles. The topological polar surface area (TPSA) is 72.2 Å². The highest BCUT2D eigenvalue weighted by molar-refractivity contribution is 5.89. The van der Waals surface area contributed by atoms with Crippen molar-refractivity contribution in [1.29, 1.82) is 0 Å². The summed E-state index contributed by atoms with van der Waals surface area (Å²) in [5.41, 5.74) is 2.42. The first kappa shape index (κ1) is 15.7. The molecule has 0 spiro atoms. The maximum atomic E-state index is 13.0. The molecule has 5 heteroatoms. The molecule has 1 aromatic heterocycles. The van der Waals surface area contributed by atoms with Gasteiger partial charge in [0.15, 0.2) is 5.69 Å². The zero-order valence-corrected chi connectivity index (χ0v) is 13.4. The fraction of sp³-hybridized carbons (Fsp3) is 0.105. The van der Waals surface area contributed by atoms with E-state index in [4.69, 9.17) is 0 Å². The molecular weight excluding hydrogens is 304 g/mol. The fourth-order valence-electron chi connectivity index (χ4n) is 2.72. The van der Waals surface area contributed by atoms with E-state index < -0.39 is 5.97 Å². The maximum Gasteiger partial charge on any atom is 0.356 e. The number of rotatable bonds is 3. The van der Waals surface area contributed by atoms with E-state index in [0.29, 0.717) is 16.8 Å². The number of para-hydroxylation sites is 1. The first-order chi connectivity index (χ1) is 11.5. The standard InChI is InChI=1S/C19H16N2O3/c1-12-8-6-7-11-15(12)16-13(2)17(19(23)24)20-21(18(16)22)14-9-4-3-5-10-14/h3-11H,1-2H3,(H,23,24). The Bertz CT molecular complexity index is 976. The van der Waals surface area contributed by atoms with Crippen molar-refractivity contribution >= 4 is 5.97 Å². The highest BCUT2D eigenvalue weighted by atomic mass is 16.4. The zero-order valence-electron chi connectivity index (χ0n) is 13.4. The molecule has 0 aliphatic heterocycles. The lowest BCUT2D eigenvalue weighted by Gasteiger charge is -2.14. The van der Waals surface area contributed by atoms with Crippen LogP contribution in [-0.4, -0.2) is 20.9 Å². The first-order valence-corrected chi connectivity index (χ1v) is 7.49. The SMILES string of the molecule is Cc1ccccc1-c1c(C)c(C(=O)O)nn(-c2ccccc2)c1=O. The van der Waals surface area contributed by atoms with E-state index in [9.17, 15) is 14.7 Å². The summed E-state index contributed by atoms with van der Waals surface area (Å²) >= 11 is 0. The first-order valence-electron chi connectivity index (χ1n) is 7.49. The Labute approximate surface area is 138 Å². The number of aryl methyl sites for hydroxylation is 1. The van der Waals surface area contributed by atoms with E-state index in [0.717, 1.165) is 15.8 Å². The molecule has 0 fully saturated rings. The van der Waals surface area contributed by atoms with Crippen molar-refractivity contribution in [2.45, 2.75) is 13.8 Å². The largest absolute Gasteiger partial charge is 0.476 e. The van der Waals surface area contributed by atoms with Crippen LogP contribution in [0.5, 0.6) is 0 Å². The summed E-state index contributed by atoms with van der Waals surface area (Å²) in [6.07, 6.45) is 0. The van der Waals surface area contributed by atoms with Gasteiger partial charge in [-0.15, -0.1) is 0 Å². The number of carboxylic acid groups (broad SMARTS) is 1. The van der Waals surface area contributed by atoms with E-state index in [-0.39, 0.29) is 11.3 Å². The molecule has 5 nitrogen and oxygen atoms in total. The lowest BCUT2D eigenvalue weighted by molar-refractivity contribution is 0.0687. The maximum absolute atomic E-state index is 13.0. The molecule has 3 rings (SSSR count). The van der Waals surface area contributed by atoms with Crippen molar-refractivity contribution in [1.82, 2.24) is 9.78 Å². The Morgan fingerprint density at radius 3 is 2.25 bits per heavy atom. The van der Waals surface area contributed by atoms with Gasteiger partial charge in [0.05, 0.1) is 11.3 Å². The van der Waals surface area contributed by atoms with Gasteiger partial charge in [-0.2, -0.15) is 9.78 Å². The Kier molecular flexibility index (Phi) is 4.00. The van der Waals surface area contributed by atoms with Gasteiger partial charge in [0.2, 0.25) is 0 Å². The number of hydrogen-bond acceptors (Lipinski definition) is 3. The van der Waals surface area contributed by atoms with Crippen molar-refractivity contribution in [2.75, 3.05) is 0 Å². The Balaban J connectivity index is 2.41. The third-order valence-electron chi connectivity index (χ3n) is 3.95. The number of benzene rings is 2. The molecule has 0 aliphatic rings. The lowest BCUT2D eigenvalue weighted by atomic mass is 9.97. The smallest absolute Gasteiger partial charge is 0.356 e. The molecule has 3 aromatic rings. The summed E-state index contributed by atoms with van der Waals surface area (Å²) in [4.78, 5) is 24.6. The molecule has 0 unspecified atom stereocenters. The zero-order chi connectivity index (χ0) is 17.3. The molecule has 2 aromatic carbocycles. The van der Waals surface area contributed by atoms with Crippen LogP contribution in [0.2, 0.25) is 0 Å². The molecule has 0 bridgehead atoms. The second-order valence-corrected chi connectivity index (χ2v) is 5.52. The van der Waals surface area contributed by atoms with E-state index in [1.807, 2.05) is 37.3 Å². The quantitative estimate of drug-likeness (QED) is 0.804. The van der Waals surface area contributed by atoms with Gasteiger partial charge >= 0.3 is 5.97 Å². The highest BCUT2D eigenvalue weighted by Gasteiger charge is 2.21. The van der Waals surface area contributed by atoms with Crippen LogP contribution in [0.15, 0.2) is 59.4 Å². The molecule has 0 radical (unpaired) electrons. The fourth-order valence-corrected chi connectivity index (χ4v) is 2.72. The van der Waals surface area contributed by atoms with Crippen LogP contribution in [0.3, 0.4) is 0 Å². The van der Waals surface area contributed by atoms with Crippen LogP contribution in [-0.2, 0) is 0 Å². The van der Waals surface area contributed by atoms with Crippen molar-refractivity contribution < 1.29 is 9.90 Å². The van der Waals surface area contributed by atoms with Gasteiger partial charge < -0.3 is 5.11 Å². The summed E-state index contributed by atoms with van der Waals surface area (Å²) in [6.45, 7) is 3.51. The summed E-state index contributed by atoms with van der Waals surface area (Å²) in [7, 11) is 0. The van der Waals surface area contributed by atoms with Crippen LogP contribution in [0.4, 0.5) is 0 Å². The summed E-state index contributed by atoms with van der Waals surface area (Å²) < 4.78 is 1.15. The monoisotopic (exact) mass is 320 g/mol. The molecule has 1 N–H and O–H groups in total. The summed E-state index contributed by atoms with van der Waals surface area (Å²) in [5, 5.41) is 13.6. The Morgan fingerprint density at radius 1 is 1.00 bits per heavy atom. The van der Waals surface area contributed by atoms with Gasteiger partial charge in [0, 0.05) is 0 Å². The molecule has 0 saturated heterocycles. The van der Waals surface area contributed by atoms with Crippen molar-refractivity contribution in [3.05, 3.63) is 81.8 Å². The second kappa shape index (κ2) is 6.12. The highest BCUT2D eigenvalue weighted by Crippen LogP contribution is 2.25. The summed E-state index contributed by atoms with van der Waals surface area (Å²) in [5.74, 6) is -1.16. The van der Waals surface area contributed by atoms with Gasteiger partial charge in [-0.3, -0.25) is 4.79 Å². The third-order valence-corrected chi connectivity index (χ3v) is 3.95. The van der Waals surface area contributed by atoms with Gasteiger partial charge in [0.1, 0.15) is 0 Å². The predicted molar refractivity (Wildman–Crippen MR) is 91.7 cm³/mol. The van der Waals surface area contributed by atoms with E-state index in [1.165, 1.54) is 0 Å². The minimum absolute atomic E-state index is 0.128. The normalized spacial score (nSPS) is 10.6. The third kappa shape index (κ3) is 2.60. The number of carbonyl (C=O) groups is 1. The minimum Gasteiger partial charge on any atom is -0.476 e. The van der Waals surface area contributed by atoms with Gasteiger partial charge in [-0.25, -0.2) is 4.79 Å². The van der Waals surface area contributed by atoms with E-state index in [2.05, 4.69) is 5.10 Å². The lowest BCUT2D eigenvalue weighted by Crippen LogP contribution is -2.27. The van der Waals surface area contributed by atoms with Crippen molar-refractivity contribution in [3.63, 3.8) is 0 Å². The number of nitrogens with zero attached hydrogens (tertiary/aromatic N) is 2. The van der Waals surface area contributed by atoms with Crippen LogP contribution in [0, 0.1) is 13.8 Å². The summed E-state index contributed by atoms with van der Waals surface area (Å²) in [6, 6.07) is 16.2. The predicted octanol–water partition coefficient (Wildman–Crippen LogP) is 3.21. The van der Waals surface area contributed by atoms with Crippen molar-refractivity contribution in [2.24, 2.45) is 0 Å². The average Bonchev–Trinajstić information content (AvgIpc) is 2.57. The van der Waals surface area contributed by atoms with Crippen LogP contribution >= 0.6 is 0 Å². The molecule has 0 atom stereocenters. The molecule has 0 amide bonds. The number of aromatic carboxylic acids is 1. The van der Waals surface area contributed by atoms with Crippen molar-refractivity contribution in [3.8, 4) is 16.8 Å². The number of carboxylic acids is 1. The minimum atomic E-state index is -1.16. The average molecular weight is 320 g/mol. The number of aromatic nitrogens is 2. The van der Waals surface area contributed by atoms with Gasteiger partial charge in [-0.1, -0.05) is 42.5 Å². The van der Waals surface area contributed by atoms with Crippen LogP contribution in [0.1, 0.15) is 21.6 Å². The molecular formula is C19H16N2O3.